The van der Waals surface area contributed by atoms with Gasteiger partial charge in [-0.2, -0.15) is 0 Å². The molecule has 2 aliphatic rings. The summed E-state index contributed by atoms with van der Waals surface area (Å²) in [5, 5.41) is 0. The molecule has 0 atom stereocenters. The Kier molecular flexibility index (Phi) is 4.18. The molecule has 0 radical (unpaired) electrons. The number of amides is 1. The topological polar surface area (TPSA) is 49.6 Å². The zero-order chi connectivity index (χ0) is 11.4. The first-order chi connectivity index (χ1) is 7.79. The summed E-state index contributed by atoms with van der Waals surface area (Å²) in [6.45, 7) is 4.13. The van der Waals surface area contributed by atoms with E-state index >= 15 is 0 Å². The van der Waals surface area contributed by atoms with Gasteiger partial charge in [-0.25, -0.2) is 0 Å². The molecular formula is C12H23N3O. The maximum absolute atomic E-state index is 11.6. The molecule has 2 saturated heterocycles. The van der Waals surface area contributed by atoms with E-state index in [9.17, 15) is 4.79 Å². The Morgan fingerprint density at radius 1 is 0.812 bits per heavy atom. The van der Waals surface area contributed by atoms with Crippen LogP contribution in [0.25, 0.3) is 0 Å². The smallest absolute Gasteiger partial charge is 0.249 e. The minimum absolute atomic E-state index is 0.138. The van der Waals surface area contributed by atoms with E-state index in [1.165, 1.54) is 38.5 Å². The largest absolute Gasteiger partial charge is 0.367 e. The fourth-order valence-electron chi connectivity index (χ4n) is 2.92. The van der Waals surface area contributed by atoms with Crippen molar-refractivity contribution in [3.05, 3.63) is 0 Å². The molecule has 2 N–H and O–H groups in total. The van der Waals surface area contributed by atoms with Crippen LogP contribution in [-0.4, -0.2) is 48.1 Å². The minimum atomic E-state index is -0.163. The molecule has 4 nitrogen and oxygen atoms in total. The molecular weight excluding hydrogens is 202 g/mol. The molecule has 2 aliphatic heterocycles. The monoisotopic (exact) mass is 225 g/mol. The summed E-state index contributed by atoms with van der Waals surface area (Å²) >= 11 is 0. The lowest BCUT2D eigenvalue weighted by atomic mass is 10.1. The highest BCUT2D eigenvalue weighted by molar-refractivity contribution is 5.79. The maximum atomic E-state index is 11.6. The van der Waals surface area contributed by atoms with E-state index < -0.39 is 0 Å². The van der Waals surface area contributed by atoms with E-state index in [2.05, 4.69) is 9.80 Å². The lowest BCUT2D eigenvalue weighted by Gasteiger charge is -2.41. The highest BCUT2D eigenvalue weighted by Gasteiger charge is 2.31. The Labute approximate surface area is 97.8 Å². The number of hydrogen-bond donors (Lipinski definition) is 1. The standard InChI is InChI=1S/C12H23N3O/c13-11(16)12(14-7-3-1-4-8-14)15-9-5-2-6-10-15/h12H,1-10H2,(H2,13,16). The van der Waals surface area contributed by atoms with Gasteiger partial charge in [0.1, 0.15) is 6.17 Å². The summed E-state index contributed by atoms with van der Waals surface area (Å²) in [7, 11) is 0. The Morgan fingerprint density at radius 2 is 1.19 bits per heavy atom. The quantitative estimate of drug-likeness (QED) is 0.772. The number of carbonyl (C=O) groups is 1. The van der Waals surface area contributed by atoms with Crippen molar-refractivity contribution in [1.82, 2.24) is 9.80 Å². The molecule has 2 rings (SSSR count). The zero-order valence-corrected chi connectivity index (χ0v) is 10.0. The number of primary amides is 1. The van der Waals surface area contributed by atoms with Crippen LogP contribution in [0, 0.1) is 0 Å². The van der Waals surface area contributed by atoms with E-state index in [0.717, 1.165) is 26.2 Å². The molecule has 0 saturated carbocycles. The molecule has 92 valence electrons. The Balaban J connectivity index is 1.99. The normalized spacial score (nSPS) is 24.8. The Morgan fingerprint density at radius 3 is 1.50 bits per heavy atom. The summed E-state index contributed by atoms with van der Waals surface area (Å²) in [4.78, 5) is 16.2. The van der Waals surface area contributed by atoms with Crippen molar-refractivity contribution in [3.8, 4) is 0 Å². The summed E-state index contributed by atoms with van der Waals surface area (Å²) in [5.41, 5.74) is 5.58. The van der Waals surface area contributed by atoms with E-state index in [0.29, 0.717) is 0 Å². The lowest BCUT2D eigenvalue weighted by molar-refractivity contribution is -0.131. The third-order valence-corrected chi connectivity index (χ3v) is 3.73. The van der Waals surface area contributed by atoms with Crippen LogP contribution in [0.4, 0.5) is 0 Å². The van der Waals surface area contributed by atoms with Crippen molar-refractivity contribution in [2.45, 2.75) is 44.7 Å². The number of piperidine rings is 2. The summed E-state index contributed by atoms with van der Waals surface area (Å²) < 4.78 is 0. The molecule has 0 spiro atoms. The molecule has 0 aliphatic carbocycles. The van der Waals surface area contributed by atoms with Crippen LogP contribution in [0.3, 0.4) is 0 Å². The van der Waals surface area contributed by atoms with Gasteiger partial charge in [-0.3, -0.25) is 14.6 Å². The Bertz CT molecular complexity index is 214. The van der Waals surface area contributed by atoms with Crippen molar-refractivity contribution in [3.63, 3.8) is 0 Å². The van der Waals surface area contributed by atoms with Crippen LogP contribution in [0.1, 0.15) is 38.5 Å². The van der Waals surface area contributed by atoms with Gasteiger partial charge in [0.25, 0.3) is 0 Å². The third-order valence-electron chi connectivity index (χ3n) is 3.73. The highest BCUT2D eigenvalue weighted by Crippen LogP contribution is 2.18. The molecule has 0 bridgehead atoms. The second kappa shape index (κ2) is 5.64. The van der Waals surface area contributed by atoms with Crippen molar-refractivity contribution in [2.24, 2.45) is 5.73 Å². The predicted molar refractivity (Wildman–Crippen MR) is 63.8 cm³/mol. The number of carbonyl (C=O) groups excluding carboxylic acids is 1. The van der Waals surface area contributed by atoms with Gasteiger partial charge in [0.2, 0.25) is 5.91 Å². The predicted octanol–water partition coefficient (Wildman–Crippen LogP) is 0.770. The molecule has 2 fully saturated rings. The molecule has 4 heteroatoms. The average molecular weight is 225 g/mol. The van der Waals surface area contributed by atoms with Crippen LogP contribution in [-0.2, 0) is 4.79 Å². The SMILES string of the molecule is NC(=O)C(N1CCCCC1)N1CCCCC1. The van der Waals surface area contributed by atoms with Gasteiger partial charge in [0.05, 0.1) is 0 Å². The molecule has 0 aromatic rings. The molecule has 2 heterocycles. The maximum Gasteiger partial charge on any atom is 0.249 e. The fourth-order valence-corrected chi connectivity index (χ4v) is 2.92. The number of nitrogens with zero attached hydrogens (tertiary/aromatic N) is 2. The molecule has 0 aromatic carbocycles. The Hall–Kier alpha value is -0.610. The summed E-state index contributed by atoms with van der Waals surface area (Å²) in [6, 6.07) is 0. The van der Waals surface area contributed by atoms with Gasteiger partial charge in [-0.05, 0) is 25.7 Å². The summed E-state index contributed by atoms with van der Waals surface area (Å²) in [6.07, 6.45) is 7.27. The van der Waals surface area contributed by atoms with Gasteiger partial charge < -0.3 is 5.73 Å². The lowest BCUT2D eigenvalue weighted by Crippen LogP contribution is -2.58. The van der Waals surface area contributed by atoms with Crippen molar-refractivity contribution < 1.29 is 4.79 Å². The van der Waals surface area contributed by atoms with Gasteiger partial charge in [0.15, 0.2) is 0 Å². The van der Waals surface area contributed by atoms with Gasteiger partial charge >= 0.3 is 0 Å². The second-order valence-electron chi connectivity index (χ2n) is 4.97. The van der Waals surface area contributed by atoms with E-state index in [-0.39, 0.29) is 12.1 Å². The first-order valence-corrected chi connectivity index (χ1v) is 6.56. The minimum Gasteiger partial charge on any atom is -0.367 e. The fraction of sp³-hybridized carbons (Fsp3) is 0.917. The first-order valence-electron chi connectivity index (χ1n) is 6.56. The second-order valence-corrected chi connectivity index (χ2v) is 4.97. The number of nitrogens with two attached hydrogens (primary N) is 1. The van der Waals surface area contributed by atoms with Crippen LogP contribution < -0.4 is 5.73 Å². The zero-order valence-electron chi connectivity index (χ0n) is 10.0. The first kappa shape index (κ1) is 11.9. The van der Waals surface area contributed by atoms with Gasteiger partial charge in [-0.15, -0.1) is 0 Å². The van der Waals surface area contributed by atoms with Gasteiger partial charge in [0, 0.05) is 26.2 Å². The van der Waals surface area contributed by atoms with E-state index in [1.807, 2.05) is 0 Å². The van der Waals surface area contributed by atoms with Crippen LogP contribution >= 0.6 is 0 Å². The summed E-state index contributed by atoms with van der Waals surface area (Å²) in [5.74, 6) is -0.163. The number of hydrogen-bond acceptors (Lipinski definition) is 3. The van der Waals surface area contributed by atoms with Crippen LogP contribution in [0.5, 0.6) is 0 Å². The van der Waals surface area contributed by atoms with Crippen LogP contribution in [0.2, 0.25) is 0 Å². The van der Waals surface area contributed by atoms with E-state index in [1.54, 1.807) is 0 Å². The van der Waals surface area contributed by atoms with Gasteiger partial charge in [-0.1, -0.05) is 12.8 Å². The van der Waals surface area contributed by atoms with Crippen molar-refractivity contribution >= 4 is 5.91 Å². The molecule has 0 unspecified atom stereocenters. The molecule has 16 heavy (non-hydrogen) atoms. The van der Waals surface area contributed by atoms with Crippen molar-refractivity contribution in [2.75, 3.05) is 26.2 Å². The molecule has 0 aromatic heterocycles. The molecule has 1 amide bonds. The number of likely N-dealkylation sites (tertiary alicyclic amines) is 2. The highest BCUT2D eigenvalue weighted by atomic mass is 16.2. The number of rotatable bonds is 3. The third kappa shape index (κ3) is 2.74. The average Bonchev–Trinajstić information content (AvgIpc) is 2.31. The van der Waals surface area contributed by atoms with Crippen molar-refractivity contribution in [1.29, 1.82) is 0 Å². The van der Waals surface area contributed by atoms with E-state index in [4.69, 9.17) is 5.73 Å². The van der Waals surface area contributed by atoms with Crippen LogP contribution in [0.15, 0.2) is 0 Å².